The molecule has 0 saturated carbocycles. The predicted molar refractivity (Wildman–Crippen MR) is 68.5 cm³/mol. The molecule has 0 heterocycles. The third-order valence-electron chi connectivity index (χ3n) is 2.47. The van der Waals surface area contributed by atoms with Gasteiger partial charge in [-0.1, -0.05) is 0 Å². The molecule has 0 spiro atoms. The summed E-state index contributed by atoms with van der Waals surface area (Å²) in [5.74, 6) is 0.144. The first-order valence-electron chi connectivity index (χ1n) is 5.53. The lowest BCUT2D eigenvalue weighted by Crippen LogP contribution is -2.21. The van der Waals surface area contributed by atoms with Gasteiger partial charge >= 0.3 is 0 Å². The van der Waals surface area contributed by atoms with Crippen molar-refractivity contribution in [2.24, 2.45) is 5.10 Å². The Balaban J connectivity index is 2.89. The van der Waals surface area contributed by atoms with E-state index in [-0.39, 0.29) is 5.75 Å². The van der Waals surface area contributed by atoms with Crippen LogP contribution >= 0.6 is 0 Å². The first-order chi connectivity index (χ1) is 8.22. The molecule has 0 fully saturated rings. The molecule has 5 heteroatoms. The van der Waals surface area contributed by atoms with Gasteiger partial charge in [0.2, 0.25) is 6.41 Å². The van der Waals surface area contributed by atoms with Crippen LogP contribution in [0.3, 0.4) is 0 Å². The average Bonchev–Trinajstić information content (AvgIpc) is 2.33. The smallest absolute Gasteiger partial charge is 0.227 e. The molecule has 0 aliphatic carbocycles. The number of phenolic OH excluding ortho intramolecular Hbond substituents is 1. The number of nitrogens with one attached hydrogen (secondary N) is 1. The van der Waals surface area contributed by atoms with E-state index in [9.17, 15) is 9.90 Å². The normalized spacial score (nSPS) is 10.5. The van der Waals surface area contributed by atoms with Gasteiger partial charge in [-0.15, -0.1) is 0 Å². The van der Waals surface area contributed by atoms with Crippen LogP contribution in [0, 0.1) is 0 Å². The largest absolute Gasteiger partial charge is 0.507 e. The molecule has 1 rings (SSSR count). The van der Waals surface area contributed by atoms with Crippen molar-refractivity contribution in [1.29, 1.82) is 0 Å². The number of hydrazone groups is 1. The molecular weight excluding hydrogens is 218 g/mol. The van der Waals surface area contributed by atoms with E-state index in [2.05, 4.69) is 29.3 Å². The van der Waals surface area contributed by atoms with Crippen molar-refractivity contribution in [3.63, 3.8) is 0 Å². The molecule has 0 aliphatic heterocycles. The first-order valence-corrected chi connectivity index (χ1v) is 5.53. The van der Waals surface area contributed by atoms with Crippen molar-refractivity contribution in [3.8, 4) is 5.75 Å². The van der Waals surface area contributed by atoms with Crippen molar-refractivity contribution >= 4 is 18.3 Å². The van der Waals surface area contributed by atoms with E-state index in [4.69, 9.17) is 0 Å². The molecule has 0 saturated heterocycles. The number of hydrogen-bond donors (Lipinski definition) is 2. The maximum atomic E-state index is 10.0. The lowest BCUT2D eigenvalue weighted by Gasteiger charge is -2.21. The second kappa shape index (κ2) is 6.52. The van der Waals surface area contributed by atoms with E-state index in [0.717, 1.165) is 18.8 Å². The van der Waals surface area contributed by atoms with Gasteiger partial charge in [0.05, 0.1) is 6.21 Å². The van der Waals surface area contributed by atoms with Crippen molar-refractivity contribution in [1.82, 2.24) is 5.43 Å². The summed E-state index contributed by atoms with van der Waals surface area (Å²) >= 11 is 0. The van der Waals surface area contributed by atoms with E-state index in [1.807, 2.05) is 6.07 Å². The number of phenols is 1. The Bertz CT molecular complexity index is 401. The van der Waals surface area contributed by atoms with Gasteiger partial charge in [0, 0.05) is 30.4 Å². The monoisotopic (exact) mass is 235 g/mol. The van der Waals surface area contributed by atoms with Crippen LogP contribution in [0.1, 0.15) is 19.4 Å². The highest BCUT2D eigenvalue weighted by atomic mass is 16.3. The number of aromatic hydroxyl groups is 1. The van der Waals surface area contributed by atoms with Gasteiger partial charge in [-0.3, -0.25) is 4.79 Å². The Kier molecular flexibility index (Phi) is 5.00. The maximum absolute atomic E-state index is 10.0. The molecule has 2 N–H and O–H groups in total. The summed E-state index contributed by atoms with van der Waals surface area (Å²) in [6, 6.07) is 5.36. The predicted octanol–water partition coefficient (Wildman–Crippen LogP) is 1.32. The third kappa shape index (κ3) is 3.48. The summed E-state index contributed by atoms with van der Waals surface area (Å²) in [7, 11) is 0. The minimum absolute atomic E-state index is 0.144. The molecule has 0 aromatic heterocycles. The van der Waals surface area contributed by atoms with E-state index >= 15 is 0 Å². The summed E-state index contributed by atoms with van der Waals surface area (Å²) < 4.78 is 0. The number of carbonyl (C=O) groups is 1. The fourth-order valence-corrected chi connectivity index (χ4v) is 1.56. The van der Waals surface area contributed by atoms with Crippen LogP contribution in [-0.4, -0.2) is 30.8 Å². The molecule has 1 aromatic carbocycles. The van der Waals surface area contributed by atoms with Crippen molar-refractivity contribution in [3.05, 3.63) is 23.8 Å². The zero-order valence-electron chi connectivity index (χ0n) is 10.1. The average molecular weight is 235 g/mol. The molecule has 0 unspecified atom stereocenters. The van der Waals surface area contributed by atoms with E-state index < -0.39 is 0 Å². The minimum Gasteiger partial charge on any atom is -0.507 e. The van der Waals surface area contributed by atoms with E-state index in [1.165, 1.54) is 6.21 Å². The van der Waals surface area contributed by atoms with Crippen molar-refractivity contribution in [2.75, 3.05) is 18.0 Å². The highest BCUT2D eigenvalue weighted by molar-refractivity contribution is 5.84. The Morgan fingerprint density at radius 3 is 2.65 bits per heavy atom. The zero-order valence-corrected chi connectivity index (χ0v) is 10.1. The first kappa shape index (κ1) is 13.0. The Morgan fingerprint density at radius 2 is 2.12 bits per heavy atom. The van der Waals surface area contributed by atoms with Gasteiger partial charge in [-0.2, -0.15) is 5.10 Å². The molecule has 17 heavy (non-hydrogen) atoms. The second-order valence-electron chi connectivity index (χ2n) is 3.42. The highest BCUT2D eigenvalue weighted by Crippen LogP contribution is 2.23. The van der Waals surface area contributed by atoms with Gasteiger partial charge in [0.25, 0.3) is 0 Å². The van der Waals surface area contributed by atoms with Crippen molar-refractivity contribution in [2.45, 2.75) is 13.8 Å². The standard InChI is InChI=1S/C12H17N3O2/c1-3-15(4-2)11-6-5-10(12(17)7-11)8-13-14-9-16/h5-9,17H,3-4H2,1-2H3,(H,14,16). The van der Waals surface area contributed by atoms with Crippen LogP contribution in [0.2, 0.25) is 0 Å². The molecule has 0 aliphatic rings. The summed E-state index contributed by atoms with van der Waals surface area (Å²) in [6.07, 6.45) is 1.87. The molecule has 0 atom stereocenters. The van der Waals surface area contributed by atoms with Crippen molar-refractivity contribution < 1.29 is 9.90 Å². The summed E-state index contributed by atoms with van der Waals surface area (Å²) in [6.45, 7) is 5.89. The number of benzene rings is 1. The Morgan fingerprint density at radius 1 is 1.41 bits per heavy atom. The van der Waals surface area contributed by atoms with Crippen LogP contribution in [-0.2, 0) is 4.79 Å². The summed E-state index contributed by atoms with van der Waals surface area (Å²) in [5.41, 5.74) is 3.68. The van der Waals surface area contributed by atoms with E-state index in [1.54, 1.807) is 12.1 Å². The molecule has 0 bridgehead atoms. The van der Waals surface area contributed by atoms with Crippen LogP contribution in [0.5, 0.6) is 5.75 Å². The fourth-order valence-electron chi connectivity index (χ4n) is 1.56. The summed E-state index contributed by atoms with van der Waals surface area (Å²) in [4.78, 5) is 12.1. The molecule has 92 valence electrons. The lowest BCUT2D eigenvalue weighted by atomic mass is 10.2. The van der Waals surface area contributed by atoms with Gasteiger partial charge < -0.3 is 10.0 Å². The lowest BCUT2D eigenvalue weighted by molar-refractivity contribution is -0.109. The maximum Gasteiger partial charge on any atom is 0.227 e. The van der Waals surface area contributed by atoms with Crippen LogP contribution in [0.15, 0.2) is 23.3 Å². The van der Waals surface area contributed by atoms with Crippen LogP contribution in [0.25, 0.3) is 0 Å². The molecule has 1 aromatic rings. The van der Waals surface area contributed by atoms with Crippen LogP contribution < -0.4 is 10.3 Å². The molecule has 1 amide bonds. The Labute approximate surface area is 101 Å². The highest BCUT2D eigenvalue weighted by Gasteiger charge is 2.05. The quantitative estimate of drug-likeness (QED) is 0.444. The number of carbonyl (C=O) groups excluding carboxylic acids is 1. The van der Waals surface area contributed by atoms with Crippen LogP contribution in [0.4, 0.5) is 5.69 Å². The molecule has 0 radical (unpaired) electrons. The summed E-state index contributed by atoms with van der Waals surface area (Å²) in [5, 5.41) is 13.4. The topological polar surface area (TPSA) is 64.9 Å². The SMILES string of the molecule is CCN(CC)c1ccc(C=NNC=O)c(O)c1. The number of nitrogens with zero attached hydrogens (tertiary/aromatic N) is 2. The van der Waals surface area contributed by atoms with Gasteiger partial charge in [0.15, 0.2) is 0 Å². The van der Waals surface area contributed by atoms with Gasteiger partial charge in [0.1, 0.15) is 5.75 Å². The van der Waals surface area contributed by atoms with E-state index in [0.29, 0.717) is 12.0 Å². The zero-order chi connectivity index (χ0) is 12.7. The third-order valence-corrected chi connectivity index (χ3v) is 2.47. The number of rotatable bonds is 6. The molecular formula is C12H17N3O2. The number of anilines is 1. The van der Waals surface area contributed by atoms with Gasteiger partial charge in [-0.25, -0.2) is 5.43 Å². The van der Waals surface area contributed by atoms with Gasteiger partial charge in [-0.05, 0) is 26.0 Å². The Hall–Kier alpha value is -2.04. The minimum atomic E-state index is 0.144. The second-order valence-corrected chi connectivity index (χ2v) is 3.42. The fraction of sp³-hybridized carbons (Fsp3) is 0.333. The molecule has 5 nitrogen and oxygen atoms in total. The number of hydrogen-bond acceptors (Lipinski definition) is 4. The number of amides is 1.